The van der Waals surface area contributed by atoms with Crippen molar-refractivity contribution < 1.29 is 4.79 Å². The maximum absolute atomic E-state index is 12.9. The maximum atomic E-state index is 12.9. The fraction of sp³-hybridized carbons (Fsp3) is 0.409. The third-order valence-electron chi connectivity index (χ3n) is 5.65. The molecule has 0 saturated heterocycles. The predicted octanol–water partition coefficient (Wildman–Crippen LogP) is 5.22. The van der Waals surface area contributed by atoms with Gasteiger partial charge in [0.1, 0.15) is 0 Å². The van der Waals surface area contributed by atoms with Crippen LogP contribution in [0.25, 0.3) is 11.1 Å². The molecule has 0 bridgehead atoms. The van der Waals surface area contributed by atoms with E-state index in [1.807, 2.05) is 0 Å². The van der Waals surface area contributed by atoms with Crippen molar-refractivity contribution >= 4 is 5.78 Å². The van der Waals surface area contributed by atoms with Crippen LogP contribution in [0, 0.1) is 19.3 Å². The van der Waals surface area contributed by atoms with E-state index >= 15 is 0 Å². The Morgan fingerprint density at radius 2 is 1.74 bits per heavy atom. The molecule has 0 radical (unpaired) electrons. The molecule has 2 aromatic rings. The number of aryl methyl sites for hydroxylation is 3. The van der Waals surface area contributed by atoms with E-state index in [1.165, 1.54) is 45.4 Å². The third kappa shape index (κ3) is 2.09. The molecule has 0 N–H and O–H groups in total. The summed E-state index contributed by atoms with van der Waals surface area (Å²) >= 11 is 0. The highest BCUT2D eigenvalue weighted by Crippen LogP contribution is 2.46. The summed E-state index contributed by atoms with van der Waals surface area (Å²) in [7, 11) is 0. The minimum Gasteiger partial charge on any atom is -0.294 e. The largest absolute Gasteiger partial charge is 0.294 e. The second-order valence-electron chi connectivity index (χ2n) is 7.98. The van der Waals surface area contributed by atoms with Gasteiger partial charge in [-0.2, -0.15) is 0 Å². The van der Waals surface area contributed by atoms with Gasteiger partial charge in [0.05, 0.1) is 0 Å². The van der Waals surface area contributed by atoms with Gasteiger partial charge in [0.15, 0.2) is 5.78 Å². The highest BCUT2D eigenvalue weighted by atomic mass is 16.1. The molecule has 1 nitrogen and oxygen atoms in total. The van der Waals surface area contributed by atoms with Gasteiger partial charge in [-0.25, -0.2) is 0 Å². The zero-order valence-corrected chi connectivity index (χ0v) is 14.5. The molecule has 2 aliphatic rings. The van der Waals surface area contributed by atoms with Gasteiger partial charge in [0.25, 0.3) is 0 Å². The monoisotopic (exact) mass is 304 g/mol. The van der Waals surface area contributed by atoms with Crippen molar-refractivity contribution in [2.75, 3.05) is 0 Å². The summed E-state index contributed by atoms with van der Waals surface area (Å²) < 4.78 is 0. The lowest BCUT2D eigenvalue weighted by atomic mass is 9.86. The van der Waals surface area contributed by atoms with Gasteiger partial charge in [-0.3, -0.25) is 4.79 Å². The van der Waals surface area contributed by atoms with Crippen LogP contribution in [0.5, 0.6) is 0 Å². The van der Waals surface area contributed by atoms with Gasteiger partial charge in [0.2, 0.25) is 0 Å². The Kier molecular flexibility index (Phi) is 3.07. The summed E-state index contributed by atoms with van der Waals surface area (Å²) in [4.78, 5) is 12.9. The quantitative estimate of drug-likeness (QED) is 0.705. The molecule has 0 aliphatic heterocycles. The molecule has 1 heteroatoms. The Morgan fingerprint density at radius 1 is 0.957 bits per heavy atom. The highest BCUT2D eigenvalue weighted by Gasteiger charge is 2.40. The Hall–Kier alpha value is -1.89. The number of ketones is 1. The smallest absolute Gasteiger partial charge is 0.169 e. The van der Waals surface area contributed by atoms with Gasteiger partial charge in [-0.1, -0.05) is 37.6 Å². The summed E-state index contributed by atoms with van der Waals surface area (Å²) in [5.41, 5.74) is 10.3. The maximum Gasteiger partial charge on any atom is 0.169 e. The number of hydrogen-bond donors (Lipinski definition) is 0. The summed E-state index contributed by atoms with van der Waals surface area (Å²) in [6.07, 6.45) is 4.36. The lowest BCUT2D eigenvalue weighted by molar-refractivity contribution is 0.0863. The molecule has 0 amide bonds. The van der Waals surface area contributed by atoms with E-state index in [1.54, 1.807) is 0 Å². The highest BCUT2D eigenvalue weighted by molar-refractivity contribution is 6.07. The van der Waals surface area contributed by atoms with E-state index in [-0.39, 0.29) is 5.41 Å². The van der Waals surface area contributed by atoms with Gasteiger partial charge in [-0.15, -0.1) is 0 Å². The lowest BCUT2D eigenvalue weighted by Crippen LogP contribution is -2.18. The first kappa shape index (κ1) is 14.7. The van der Waals surface area contributed by atoms with Crippen LogP contribution >= 0.6 is 0 Å². The third-order valence-corrected chi connectivity index (χ3v) is 5.65. The average Bonchev–Trinajstić information content (AvgIpc) is 3.04. The molecule has 118 valence electrons. The molecular formula is C22H24O. The number of carbonyl (C=O) groups excluding carboxylic acids is 1. The lowest BCUT2D eigenvalue weighted by Gasteiger charge is -2.18. The predicted molar refractivity (Wildman–Crippen MR) is 95.2 cm³/mol. The molecule has 0 aromatic heterocycles. The Morgan fingerprint density at radius 3 is 2.52 bits per heavy atom. The zero-order chi connectivity index (χ0) is 16.4. The fourth-order valence-electron chi connectivity index (χ4n) is 4.39. The van der Waals surface area contributed by atoms with Crippen molar-refractivity contribution in [2.24, 2.45) is 5.41 Å². The molecule has 0 saturated carbocycles. The van der Waals surface area contributed by atoms with E-state index in [9.17, 15) is 4.79 Å². The van der Waals surface area contributed by atoms with Crippen LogP contribution < -0.4 is 0 Å². The molecule has 4 rings (SSSR count). The van der Waals surface area contributed by atoms with E-state index in [0.29, 0.717) is 5.78 Å². The minimum atomic E-state index is -0.260. The van der Waals surface area contributed by atoms with Crippen molar-refractivity contribution in [3.8, 4) is 11.1 Å². The van der Waals surface area contributed by atoms with Crippen LogP contribution in [0.15, 0.2) is 24.3 Å². The van der Waals surface area contributed by atoms with Gasteiger partial charge in [-0.05, 0) is 79.0 Å². The van der Waals surface area contributed by atoms with Crippen LogP contribution in [0.3, 0.4) is 0 Å². The van der Waals surface area contributed by atoms with Crippen LogP contribution in [-0.2, 0) is 19.3 Å². The molecule has 0 heterocycles. The molecular weight excluding hydrogens is 280 g/mol. The Balaban J connectivity index is 2.06. The first-order chi connectivity index (χ1) is 10.9. The summed E-state index contributed by atoms with van der Waals surface area (Å²) in [6.45, 7) is 8.53. The zero-order valence-electron chi connectivity index (χ0n) is 14.5. The standard InChI is InChI=1S/C22H24O/c1-13-8-9-14(2)17(10-13)20-16-7-5-6-15(16)11-18-19(20)12-22(3,4)21(18)23/h8-11H,5-7,12H2,1-4H3. The molecule has 0 unspecified atom stereocenters. The van der Waals surface area contributed by atoms with Crippen molar-refractivity contribution in [1.29, 1.82) is 0 Å². The average molecular weight is 304 g/mol. The molecule has 2 aliphatic carbocycles. The second-order valence-corrected chi connectivity index (χ2v) is 7.98. The van der Waals surface area contributed by atoms with Crippen LogP contribution in [-0.4, -0.2) is 5.78 Å². The SMILES string of the molecule is Cc1ccc(C)c(-c2c3c(cc4c2CC(C)(C)C4=O)CCC3)c1. The first-order valence-corrected chi connectivity index (χ1v) is 8.68. The van der Waals surface area contributed by atoms with E-state index < -0.39 is 0 Å². The van der Waals surface area contributed by atoms with Crippen LogP contribution in [0.4, 0.5) is 0 Å². The fourth-order valence-corrected chi connectivity index (χ4v) is 4.39. The normalized spacial score (nSPS) is 18.2. The summed E-state index contributed by atoms with van der Waals surface area (Å²) in [5.74, 6) is 0.328. The molecule has 2 aromatic carbocycles. The number of benzene rings is 2. The summed E-state index contributed by atoms with van der Waals surface area (Å²) in [6, 6.07) is 8.91. The number of fused-ring (bicyclic) bond motifs is 2. The van der Waals surface area contributed by atoms with E-state index in [4.69, 9.17) is 0 Å². The molecule has 0 spiro atoms. The molecule has 0 atom stereocenters. The molecule has 23 heavy (non-hydrogen) atoms. The molecule has 0 fully saturated rings. The van der Waals surface area contributed by atoms with E-state index in [0.717, 1.165) is 24.8 Å². The van der Waals surface area contributed by atoms with Gasteiger partial charge in [0, 0.05) is 11.0 Å². The van der Waals surface area contributed by atoms with Crippen LogP contribution in [0.1, 0.15) is 58.4 Å². The van der Waals surface area contributed by atoms with Crippen LogP contribution in [0.2, 0.25) is 0 Å². The number of hydrogen-bond acceptors (Lipinski definition) is 1. The number of Topliss-reactive ketones (excluding diaryl/α,β-unsaturated/α-hetero) is 1. The van der Waals surface area contributed by atoms with Crippen molar-refractivity contribution in [3.63, 3.8) is 0 Å². The number of rotatable bonds is 1. The minimum absolute atomic E-state index is 0.260. The van der Waals surface area contributed by atoms with Gasteiger partial charge < -0.3 is 0 Å². The van der Waals surface area contributed by atoms with Crippen molar-refractivity contribution in [1.82, 2.24) is 0 Å². The van der Waals surface area contributed by atoms with Crippen molar-refractivity contribution in [3.05, 3.63) is 57.6 Å². The second kappa shape index (κ2) is 4.80. The summed E-state index contributed by atoms with van der Waals surface area (Å²) in [5, 5.41) is 0. The Labute approximate surface area is 138 Å². The Bertz CT molecular complexity index is 840. The first-order valence-electron chi connectivity index (χ1n) is 8.68. The topological polar surface area (TPSA) is 17.1 Å². The van der Waals surface area contributed by atoms with Crippen molar-refractivity contribution in [2.45, 2.75) is 53.4 Å². The van der Waals surface area contributed by atoms with Gasteiger partial charge >= 0.3 is 0 Å². The number of carbonyl (C=O) groups is 1. The van der Waals surface area contributed by atoms with E-state index in [2.05, 4.69) is 52.0 Å².